The molecule has 0 saturated heterocycles. The molecule has 0 amide bonds. The third-order valence-electron chi connectivity index (χ3n) is 4.73. The van der Waals surface area contributed by atoms with Gasteiger partial charge in [-0.15, -0.1) is 0 Å². The molecule has 33 heavy (non-hydrogen) atoms. The third kappa shape index (κ3) is 8.00. The standard InChI is InChI=1S/C21H25BrN6O4S/c1-15(5-2-3-10-32-33(23,30)31)26-21-18(12-24-14-25-21)20(29)19-8-9-28(27-19)13-16-6-4-7-17(22)11-16/h4,6-9,11-12,14-15H,2-3,5,10,13H2,1H3,(H2,23,30,31)(H,24,25,26). The van der Waals surface area contributed by atoms with Crippen molar-refractivity contribution in [3.05, 3.63) is 70.3 Å². The second kappa shape index (κ2) is 11.5. The molecule has 0 bridgehead atoms. The molecule has 1 unspecified atom stereocenters. The Hall–Kier alpha value is -2.67. The first-order chi connectivity index (χ1) is 15.7. The molecule has 0 aliphatic rings. The van der Waals surface area contributed by atoms with Crippen LogP contribution in [0.15, 0.2) is 53.5 Å². The summed E-state index contributed by atoms with van der Waals surface area (Å²) in [6.45, 7) is 2.52. The zero-order valence-corrected chi connectivity index (χ0v) is 20.4. The van der Waals surface area contributed by atoms with E-state index in [2.05, 4.69) is 40.5 Å². The van der Waals surface area contributed by atoms with Gasteiger partial charge in [0.15, 0.2) is 0 Å². The first-order valence-corrected chi connectivity index (χ1v) is 12.5. The van der Waals surface area contributed by atoms with Crippen molar-refractivity contribution >= 4 is 37.8 Å². The van der Waals surface area contributed by atoms with Crippen LogP contribution in [0.4, 0.5) is 5.82 Å². The van der Waals surface area contributed by atoms with Gasteiger partial charge < -0.3 is 5.32 Å². The van der Waals surface area contributed by atoms with Crippen molar-refractivity contribution < 1.29 is 17.4 Å². The lowest BCUT2D eigenvalue weighted by atomic mass is 10.1. The van der Waals surface area contributed by atoms with E-state index in [0.717, 1.165) is 10.0 Å². The van der Waals surface area contributed by atoms with E-state index in [1.807, 2.05) is 31.2 Å². The number of nitrogens with one attached hydrogen (secondary N) is 1. The number of halogens is 1. The summed E-state index contributed by atoms with van der Waals surface area (Å²) in [5, 5.41) is 12.4. The molecule has 176 valence electrons. The minimum Gasteiger partial charge on any atom is -0.367 e. The molecule has 0 aliphatic carbocycles. The van der Waals surface area contributed by atoms with E-state index in [-0.39, 0.29) is 18.4 Å². The van der Waals surface area contributed by atoms with Crippen LogP contribution in [0.1, 0.15) is 47.8 Å². The van der Waals surface area contributed by atoms with Gasteiger partial charge in [0, 0.05) is 22.9 Å². The van der Waals surface area contributed by atoms with Crippen LogP contribution in [-0.4, -0.2) is 46.6 Å². The summed E-state index contributed by atoms with van der Waals surface area (Å²) in [6.07, 6.45) is 6.56. The highest BCUT2D eigenvalue weighted by Crippen LogP contribution is 2.18. The number of hydrogen-bond donors (Lipinski definition) is 2. The molecule has 10 nitrogen and oxygen atoms in total. The predicted molar refractivity (Wildman–Crippen MR) is 127 cm³/mol. The second-order valence-corrected chi connectivity index (χ2v) is 9.64. The Morgan fingerprint density at radius 3 is 2.88 bits per heavy atom. The summed E-state index contributed by atoms with van der Waals surface area (Å²) in [7, 11) is -3.91. The van der Waals surface area contributed by atoms with Crippen LogP contribution in [0.2, 0.25) is 0 Å². The van der Waals surface area contributed by atoms with Crippen LogP contribution in [0.5, 0.6) is 0 Å². The van der Waals surface area contributed by atoms with Gasteiger partial charge in [-0.25, -0.2) is 15.1 Å². The number of nitrogens with zero attached hydrogens (tertiary/aromatic N) is 4. The van der Waals surface area contributed by atoms with Crippen molar-refractivity contribution in [2.75, 3.05) is 11.9 Å². The molecule has 1 atom stereocenters. The smallest absolute Gasteiger partial charge is 0.333 e. The number of unbranched alkanes of at least 4 members (excludes halogenated alkanes) is 1. The maximum absolute atomic E-state index is 13.1. The van der Waals surface area contributed by atoms with E-state index in [0.29, 0.717) is 42.9 Å². The molecule has 3 aromatic rings. The van der Waals surface area contributed by atoms with Crippen LogP contribution < -0.4 is 10.5 Å². The Labute approximate surface area is 201 Å². The van der Waals surface area contributed by atoms with E-state index in [1.54, 1.807) is 16.9 Å². The molecule has 0 aliphatic heterocycles. The highest BCUT2D eigenvalue weighted by atomic mass is 79.9. The van der Waals surface area contributed by atoms with Crippen molar-refractivity contribution in [1.82, 2.24) is 19.7 Å². The SMILES string of the molecule is CC(CCCCOS(N)(=O)=O)Nc1ncncc1C(=O)c1ccn(Cc2cccc(Br)c2)n1. The summed E-state index contributed by atoms with van der Waals surface area (Å²) in [4.78, 5) is 21.3. The molecule has 0 radical (unpaired) electrons. The van der Waals surface area contributed by atoms with Gasteiger partial charge in [0.2, 0.25) is 5.78 Å². The summed E-state index contributed by atoms with van der Waals surface area (Å²) < 4.78 is 28.8. The van der Waals surface area contributed by atoms with E-state index in [1.165, 1.54) is 12.5 Å². The maximum atomic E-state index is 13.1. The quantitative estimate of drug-likeness (QED) is 0.265. The van der Waals surface area contributed by atoms with E-state index in [9.17, 15) is 13.2 Å². The highest BCUT2D eigenvalue weighted by Gasteiger charge is 2.19. The molecule has 3 rings (SSSR count). The third-order valence-corrected chi connectivity index (χ3v) is 5.71. The topological polar surface area (TPSA) is 142 Å². The zero-order chi connectivity index (χ0) is 23.8. The van der Waals surface area contributed by atoms with Crippen molar-refractivity contribution in [3.8, 4) is 0 Å². The normalized spacial score (nSPS) is 12.5. The van der Waals surface area contributed by atoms with Crippen LogP contribution >= 0.6 is 15.9 Å². The van der Waals surface area contributed by atoms with Crippen molar-refractivity contribution in [2.45, 2.75) is 38.8 Å². The molecule has 2 heterocycles. The van der Waals surface area contributed by atoms with Crippen molar-refractivity contribution in [2.24, 2.45) is 5.14 Å². The van der Waals surface area contributed by atoms with Crippen molar-refractivity contribution in [3.63, 3.8) is 0 Å². The second-order valence-electron chi connectivity index (χ2n) is 7.50. The molecule has 1 aromatic carbocycles. The van der Waals surface area contributed by atoms with Crippen LogP contribution in [-0.2, 0) is 21.0 Å². The Balaban J connectivity index is 1.60. The molecule has 2 aromatic heterocycles. The molecular weight excluding hydrogens is 512 g/mol. The van der Waals surface area contributed by atoms with E-state index in [4.69, 9.17) is 5.14 Å². The number of benzene rings is 1. The van der Waals surface area contributed by atoms with Crippen LogP contribution in [0.3, 0.4) is 0 Å². The first-order valence-electron chi connectivity index (χ1n) is 10.3. The highest BCUT2D eigenvalue weighted by molar-refractivity contribution is 9.10. The Morgan fingerprint density at radius 2 is 2.12 bits per heavy atom. The van der Waals surface area contributed by atoms with Gasteiger partial charge in [-0.2, -0.15) is 13.5 Å². The Bertz CT molecular complexity index is 1200. The number of anilines is 1. The molecule has 12 heteroatoms. The average molecular weight is 537 g/mol. The van der Waals surface area contributed by atoms with Gasteiger partial charge in [-0.05, 0) is 49.9 Å². The summed E-state index contributed by atoms with van der Waals surface area (Å²) in [5.41, 5.74) is 1.69. The zero-order valence-electron chi connectivity index (χ0n) is 18.0. The average Bonchev–Trinajstić information content (AvgIpc) is 3.21. The van der Waals surface area contributed by atoms with Gasteiger partial charge in [-0.3, -0.25) is 13.7 Å². The number of carbonyl (C=O) groups is 1. The molecule has 0 spiro atoms. The number of hydrogen-bond acceptors (Lipinski definition) is 8. The van der Waals surface area contributed by atoms with Gasteiger partial charge in [0.05, 0.1) is 18.7 Å². The van der Waals surface area contributed by atoms with Crippen LogP contribution in [0.25, 0.3) is 0 Å². The fraction of sp³-hybridized carbons (Fsp3) is 0.333. The lowest BCUT2D eigenvalue weighted by Crippen LogP contribution is -2.20. The van der Waals surface area contributed by atoms with E-state index >= 15 is 0 Å². The summed E-state index contributed by atoms with van der Waals surface area (Å²) >= 11 is 3.45. The predicted octanol–water partition coefficient (Wildman–Crippen LogP) is 2.91. The largest absolute Gasteiger partial charge is 0.367 e. The maximum Gasteiger partial charge on any atom is 0.333 e. The summed E-state index contributed by atoms with van der Waals surface area (Å²) in [5.74, 6) is 0.143. The number of carbonyl (C=O) groups excluding carboxylic acids is 1. The first kappa shape index (κ1) is 25.0. The lowest BCUT2D eigenvalue weighted by Gasteiger charge is -2.16. The fourth-order valence-electron chi connectivity index (χ4n) is 3.18. The van der Waals surface area contributed by atoms with Crippen molar-refractivity contribution in [1.29, 1.82) is 0 Å². The number of aromatic nitrogens is 4. The number of rotatable bonds is 12. The van der Waals surface area contributed by atoms with Crippen LogP contribution in [0, 0.1) is 0 Å². The molecular formula is C21H25BrN6O4S. The van der Waals surface area contributed by atoms with Gasteiger partial charge >= 0.3 is 10.3 Å². The monoisotopic (exact) mass is 536 g/mol. The van der Waals surface area contributed by atoms with Gasteiger partial charge in [-0.1, -0.05) is 28.1 Å². The number of nitrogens with two attached hydrogens (primary N) is 1. The minimum absolute atomic E-state index is 0.0185. The van der Waals surface area contributed by atoms with E-state index < -0.39 is 10.3 Å². The fourth-order valence-corrected chi connectivity index (χ4v) is 3.97. The lowest BCUT2D eigenvalue weighted by molar-refractivity contribution is 0.103. The minimum atomic E-state index is -3.91. The molecule has 3 N–H and O–H groups in total. The Kier molecular flexibility index (Phi) is 8.67. The molecule has 0 fully saturated rings. The van der Waals surface area contributed by atoms with Gasteiger partial charge in [0.25, 0.3) is 0 Å². The number of ketones is 1. The van der Waals surface area contributed by atoms with Gasteiger partial charge in [0.1, 0.15) is 17.8 Å². The molecule has 0 saturated carbocycles. The Morgan fingerprint density at radius 1 is 1.30 bits per heavy atom. The summed E-state index contributed by atoms with van der Waals surface area (Å²) in [6, 6.07) is 9.54.